The third kappa shape index (κ3) is 15.9. The second-order valence-electron chi connectivity index (χ2n) is 7.88. The van der Waals surface area contributed by atoms with Crippen molar-refractivity contribution in [2.24, 2.45) is 0 Å². The summed E-state index contributed by atoms with van der Waals surface area (Å²) >= 11 is 0. The van der Waals surface area contributed by atoms with Crippen LogP contribution in [0.3, 0.4) is 0 Å². The van der Waals surface area contributed by atoms with E-state index < -0.39 is 7.82 Å². The fourth-order valence-corrected chi connectivity index (χ4v) is 3.27. The third-order valence-electron chi connectivity index (χ3n) is 4.86. The number of benzene rings is 3. The highest BCUT2D eigenvalue weighted by molar-refractivity contribution is 7.40. The SMILES string of the molecule is CCCc1ccccc1[N+]#N.CCCc1ccccc1[N+]#N.CCCc1ccccc1[N+]#N.O=P([O-])([O-])[O-]. The Morgan fingerprint density at radius 2 is 0.763 bits per heavy atom. The van der Waals surface area contributed by atoms with Crippen LogP contribution in [0.2, 0.25) is 0 Å². The number of phosphoric acid groups is 1. The molecule has 200 valence electrons. The van der Waals surface area contributed by atoms with Gasteiger partial charge >= 0.3 is 17.1 Å². The van der Waals surface area contributed by atoms with Crippen LogP contribution in [0.25, 0.3) is 14.9 Å². The molecule has 0 atom stereocenters. The van der Waals surface area contributed by atoms with E-state index >= 15 is 0 Å². The van der Waals surface area contributed by atoms with Gasteiger partial charge in [-0.15, -0.1) is 0 Å². The molecule has 0 amide bonds. The first kappa shape index (κ1) is 34.0. The summed E-state index contributed by atoms with van der Waals surface area (Å²) in [4.78, 5) is 35.2. The highest BCUT2D eigenvalue weighted by atomic mass is 31.2. The molecule has 11 heteroatoms. The average molecular weight is 537 g/mol. The van der Waals surface area contributed by atoms with E-state index in [4.69, 9.17) is 35.4 Å². The molecule has 0 spiro atoms. The lowest BCUT2D eigenvalue weighted by atomic mass is 10.1. The van der Waals surface area contributed by atoms with E-state index in [2.05, 4.69) is 35.7 Å². The first-order valence-corrected chi connectivity index (χ1v) is 13.6. The maximum absolute atomic E-state index is 8.57. The standard InChI is InChI=1S/3C9H11N2.H3O4P/c3*1-2-5-8-6-3-4-7-9(8)11-10;1-5(2,3)4/h3*3-4,6-7H,2,5H2,1H3;(H3,1,2,3,4)/q3*+1;/p-3. The molecule has 0 aromatic heterocycles. The highest BCUT2D eigenvalue weighted by Gasteiger charge is 2.11. The summed E-state index contributed by atoms with van der Waals surface area (Å²) in [5.41, 5.74) is 5.39. The smallest absolute Gasteiger partial charge is 0.388 e. The van der Waals surface area contributed by atoms with Crippen LogP contribution in [0.5, 0.6) is 0 Å². The van der Waals surface area contributed by atoms with E-state index in [-0.39, 0.29) is 0 Å². The zero-order chi connectivity index (χ0) is 28.8. The minimum atomic E-state index is -5.39. The lowest BCUT2D eigenvalue weighted by Gasteiger charge is -2.36. The molecule has 0 N–H and O–H groups in total. The van der Waals surface area contributed by atoms with Crippen molar-refractivity contribution in [3.05, 3.63) is 104 Å². The van der Waals surface area contributed by atoms with Gasteiger partial charge in [-0.05, 0) is 19.3 Å². The summed E-state index contributed by atoms with van der Waals surface area (Å²) in [6.07, 6.45) is 6.15. The van der Waals surface area contributed by atoms with Gasteiger partial charge in [0.2, 0.25) is 16.2 Å². The Balaban J connectivity index is 0.000000497. The molecule has 0 aliphatic carbocycles. The molecule has 0 saturated heterocycles. The predicted molar refractivity (Wildman–Crippen MR) is 143 cm³/mol. The summed E-state index contributed by atoms with van der Waals surface area (Å²) in [6, 6.07) is 22.9. The number of hydrogen-bond donors (Lipinski definition) is 0. The molecule has 3 aromatic carbocycles. The van der Waals surface area contributed by atoms with Crippen molar-refractivity contribution in [1.29, 1.82) is 16.2 Å². The molecular weight excluding hydrogens is 503 g/mol. The van der Waals surface area contributed by atoms with Gasteiger partial charge in [-0.25, -0.2) is 0 Å². The minimum absolute atomic E-state index is 0.689. The molecule has 10 nitrogen and oxygen atoms in total. The fourth-order valence-electron chi connectivity index (χ4n) is 3.27. The van der Waals surface area contributed by atoms with Crippen molar-refractivity contribution in [3.63, 3.8) is 0 Å². The number of hydrogen-bond acceptors (Lipinski definition) is 7. The van der Waals surface area contributed by atoms with Crippen molar-refractivity contribution in [1.82, 2.24) is 0 Å². The van der Waals surface area contributed by atoms with E-state index in [0.29, 0.717) is 17.1 Å². The van der Waals surface area contributed by atoms with E-state index in [1.165, 1.54) is 0 Å². The molecule has 0 aliphatic rings. The van der Waals surface area contributed by atoms with E-state index in [9.17, 15) is 0 Å². The topological polar surface area (TPSA) is 171 Å². The van der Waals surface area contributed by atoms with E-state index in [1.54, 1.807) is 0 Å². The second kappa shape index (κ2) is 20.1. The third-order valence-corrected chi connectivity index (χ3v) is 4.86. The molecule has 0 heterocycles. The van der Waals surface area contributed by atoms with E-state index in [1.807, 2.05) is 72.8 Å². The van der Waals surface area contributed by atoms with Crippen LogP contribution in [0.15, 0.2) is 72.8 Å². The molecule has 38 heavy (non-hydrogen) atoms. The summed E-state index contributed by atoms with van der Waals surface area (Å²) in [6.45, 7) is 6.32. The van der Waals surface area contributed by atoms with Crippen molar-refractivity contribution >= 4 is 24.9 Å². The molecule has 0 aliphatic heterocycles. The Labute approximate surface area is 224 Å². The van der Waals surface area contributed by atoms with Gasteiger partial charge in [-0.1, -0.05) is 94.6 Å². The maximum atomic E-state index is 8.57. The number of aryl methyl sites for hydroxylation is 3. The van der Waals surface area contributed by atoms with Crippen molar-refractivity contribution < 1.29 is 19.2 Å². The van der Waals surface area contributed by atoms with E-state index in [0.717, 1.165) is 55.2 Å². The maximum Gasteiger partial charge on any atom is 0.388 e. The summed E-state index contributed by atoms with van der Waals surface area (Å²) < 4.78 is 8.55. The monoisotopic (exact) mass is 536 g/mol. The first-order chi connectivity index (χ1) is 18.1. The molecule has 0 bridgehead atoms. The van der Waals surface area contributed by atoms with Crippen LogP contribution in [0, 0.1) is 16.2 Å². The number of diazo groups is 3. The molecule has 0 radical (unpaired) electrons. The zero-order valence-corrected chi connectivity index (χ0v) is 22.8. The van der Waals surface area contributed by atoms with Gasteiger partial charge in [0.15, 0.2) is 14.9 Å². The normalized spacial score (nSPS) is 9.45. The van der Waals surface area contributed by atoms with Gasteiger partial charge in [0.25, 0.3) is 0 Å². The Kier molecular flexibility index (Phi) is 18.0. The van der Waals surface area contributed by atoms with Gasteiger partial charge in [0.1, 0.15) is 0 Å². The number of rotatable bonds is 6. The van der Waals surface area contributed by atoms with Crippen molar-refractivity contribution in [2.45, 2.75) is 59.3 Å². The van der Waals surface area contributed by atoms with Crippen LogP contribution >= 0.6 is 7.82 Å². The largest absolute Gasteiger partial charge is 0.822 e. The van der Waals surface area contributed by atoms with Gasteiger partial charge in [-0.3, -0.25) is 0 Å². The molecule has 3 aromatic rings. The molecule has 0 saturated carbocycles. The van der Waals surface area contributed by atoms with Gasteiger partial charge in [0, 0.05) is 34.9 Å². The predicted octanol–water partition coefficient (Wildman–Crippen LogP) is 6.55. The quantitative estimate of drug-likeness (QED) is 0.254. The van der Waals surface area contributed by atoms with Crippen molar-refractivity contribution in [3.8, 4) is 0 Å². The molecule has 3 rings (SSSR count). The van der Waals surface area contributed by atoms with Crippen LogP contribution in [-0.2, 0) is 23.8 Å². The van der Waals surface area contributed by atoms with Crippen LogP contribution in [0.4, 0.5) is 17.1 Å². The first-order valence-electron chi connectivity index (χ1n) is 12.2. The molecular formula is C27H33N6O4P. The fraction of sp³-hybridized carbons (Fsp3) is 0.333. The second-order valence-corrected chi connectivity index (χ2v) is 8.78. The highest BCUT2D eigenvalue weighted by Crippen LogP contribution is 2.21. The van der Waals surface area contributed by atoms with Gasteiger partial charge in [0.05, 0.1) is 0 Å². The van der Waals surface area contributed by atoms with Crippen LogP contribution < -0.4 is 14.7 Å². The Morgan fingerprint density at radius 3 is 0.947 bits per heavy atom. The lowest BCUT2D eigenvalue weighted by Crippen LogP contribution is -2.24. The van der Waals surface area contributed by atoms with Crippen LogP contribution in [-0.4, -0.2) is 0 Å². The molecule has 0 unspecified atom stereocenters. The van der Waals surface area contributed by atoms with Gasteiger partial charge in [-0.2, -0.15) is 7.82 Å². The van der Waals surface area contributed by atoms with Gasteiger partial charge < -0.3 is 19.2 Å². The molecule has 0 fully saturated rings. The summed E-state index contributed by atoms with van der Waals surface area (Å²) in [5.74, 6) is 0. The lowest BCUT2D eigenvalue weighted by molar-refractivity contribution is -0.432. The Hall–Kier alpha value is -3.97. The summed E-state index contributed by atoms with van der Waals surface area (Å²) in [7, 11) is -5.39. The summed E-state index contributed by atoms with van der Waals surface area (Å²) in [5, 5.41) is 25.7. The Morgan fingerprint density at radius 1 is 0.553 bits per heavy atom. The Bertz CT molecular complexity index is 1130. The zero-order valence-electron chi connectivity index (χ0n) is 21.9. The average Bonchev–Trinajstić information content (AvgIpc) is 2.90. The minimum Gasteiger partial charge on any atom is -0.822 e. The van der Waals surface area contributed by atoms with Crippen LogP contribution in [0.1, 0.15) is 56.7 Å². The number of nitrogens with zero attached hydrogens (tertiary/aromatic N) is 6. The van der Waals surface area contributed by atoms with Crippen molar-refractivity contribution in [2.75, 3.05) is 0 Å².